The van der Waals surface area contributed by atoms with E-state index < -0.39 is 29.7 Å². The highest BCUT2D eigenvalue weighted by Crippen LogP contribution is 2.39. The summed E-state index contributed by atoms with van der Waals surface area (Å²) in [6.45, 7) is 1.80. The number of fused-ring (bicyclic) bond motifs is 1. The Balaban J connectivity index is 1.81. The van der Waals surface area contributed by atoms with Crippen LogP contribution in [-0.4, -0.2) is 36.1 Å². The minimum absolute atomic E-state index is 0.0800. The molecular weight excluding hydrogens is 382 g/mol. The summed E-state index contributed by atoms with van der Waals surface area (Å²) in [5.74, 6) is -2.80. The average molecular weight is 398 g/mol. The number of hydrazone groups is 1. The SMILES string of the molecule is CCOC(=O)C1=NN(c2ccccc2)C2C(=O)N(c3ccccc3Cl)C(=O)C12. The van der Waals surface area contributed by atoms with Crippen LogP contribution in [0.3, 0.4) is 0 Å². The van der Waals surface area contributed by atoms with E-state index in [-0.39, 0.29) is 23.0 Å². The Labute approximate surface area is 166 Å². The van der Waals surface area contributed by atoms with Crippen molar-refractivity contribution in [3.63, 3.8) is 0 Å². The third kappa shape index (κ3) is 2.75. The highest BCUT2D eigenvalue weighted by atomic mass is 35.5. The standard InChI is InChI=1S/C20H16ClN3O4/c1-2-28-20(27)16-15-17(24(22-16)12-8-4-3-5-9-12)19(26)23(18(15)25)14-11-7-6-10-13(14)21/h3-11,15,17H,2H2,1H3. The van der Waals surface area contributed by atoms with Crippen LogP contribution >= 0.6 is 11.6 Å². The molecule has 8 heteroatoms. The summed E-state index contributed by atoms with van der Waals surface area (Å²) in [4.78, 5) is 39.9. The lowest BCUT2D eigenvalue weighted by Crippen LogP contribution is -2.39. The molecule has 2 aromatic carbocycles. The van der Waals surface area contributed by atoms with Crippen LogP contribution in [0.25, 0.3) is 0 Å². The topological polar surface area (TPSA) is 79.3 Å². The van der Waals surface area contributed by atoms with Crippen LogP contribution in [-0.2, 0) is 19.1 Å². The number of hydrogen-bond donors (Lipinski definition) is 0. The molecule has 2 aliphatic rings. The summed E-state index contributed by atoms with van der Waals surface area (Å²) in [5, 5.41) is 5.97. The van der Waals surface area contributed by atoms with Crippen molar-refractivity contribution in [2.45, 2.75) is 13.0 Å². The van der Waals surface area contributed by atoms with Gasteiger partial charge in [-0.15, -0.1) is 0 Å². The van der Waals surface area contributed by atoms with Crippen LogP contribution in [0.15, 0.2) is 59.7 Å². The van der Waals surface area contributed by atoms with Crippen molar-refractivity contribution in [1.29, 1.82) is 0 Å². The first-order valence-electron chi connectivity index (χ1n) is 8.76. The number of carbonyl (C=O) groups excluding carboxylic acids is 3. The van der Waals surface area contributed by atoms with E-state index >= 15 is 0 Å². The average Bonchev–Trinajstić information content (AvgIpc) is 3.21. The fourth-order valence-corrected chi connectivity index (χ4v) is 3.67. The van der Waals surface area contributed by atoms with E-state index in [4.69, 9.17) is 16.3 Å². The Morgan fingerprint density at radius 2 is 1.75 bits per heavy atom. The summed E-state index contributed by atoms with van der Waals surface area (Å²) in [6.07, 6.45) is 0. The summed E-state index contributed by atoms with van der Waals surface area (Å²) >= 11 is 6.21. The van der Waals surface area contributed by atoms with Crippen molar-refractivity contribution in [3.8, 4) is 0 Å². The van der Waals surface area contributed by atoms with Gasteiger partial charge in [0.25, 0.3) is 5.91 Å². The molecule has 2 unspecified atom stereocenters. The predicted molar refractivity (Wildman–Crippen MR) is 104 cm³/mol. The van der Waals surface area contributed by atoms with Gasteiger partial charge >= 0.3 is 5.97 Å². The molecular formula is C20H16ClN3O4. The number of carbonyl (C=O) groups is 3. The van der Waals surface area contributed by atoms with Crippen molar-refractivity contribution in [2.24, 2.45) is 11.0 Å². The fraction of sp³-hybridized carbons (Fsp3) is 0.200. The zero-order valence-electron chi connectivity index (χ0n) is 14.9. The second kappa shape index (κ2) is 7.09. The number of hydrogen-bond acceptors (Lipinski definition) is 6. The van der Waals surface area contributed by atoms with Crippen molar-refractivity contribution in [3.05, 3.63) is 59.6 Å². The Morgan fingerprint density at radius 1 is 1.07 bits per heavy atom. The number of imide groups is 1. The molecule has 2 heterocycles. The van der Waals surface area contributed by atoms with Crippen LogP contribution in [0.4, 0.5) is 11.4 Å². The zero-order chi connectivity index (χ0) is 19.8. The lowest BCUT2D eigenvalue weighted by molar-refractivity contribution is -0.136. The molecule has 0 aliphatic carbocycles. The maximum absolute atomic E-state index is 13.2. The lowest BCUT2D eigenvalue weighted by Gasteiger charge is -2.22. The highest BCUT2D eigenvalue weighted by molar-refractivity contribution is 6.48. The number of rotatable bonds is 4. The number of esters is 1. The molecule has 7 nitrogen and oxygen atoms in total. The number of nitrogens with zero attached hydrogens (tertiary/aromatic N) is 3. The van der Waals surface area contributed by atoms with Gasteiger partial charge in [0.2, 0.25) is 5.91 Å². The van der Waals surface area contributed by atoms with Gasteiger partial charge in [-0.3, -0.25) is 14.6 Å². The van der Waals surface area contributed by atoms with Gasteiger partial charge in [0.1, 0.15) is 12.0 Å². The largest absolute Gasteiger partial charge is 0.461 e. The molecule has 0 saturated carbocycles. The minimum atomic E-state index is -1.05. The summed E-state index contributed by atoms with van der Waals surface area (Å²) in [5.41, 5.74) is 0.798. The van der Waals surface area contributed by atoms with E-state index in [1.165, 1.54) is 5.01 Å². The van der Waals surface area contributed by atoms with Gasteiger partial charge in [-0.05, 0) is 31.2 Å². The second-order valence-corrected chi connectivity index (χ2v) is 6.68. The minimum Gasteiger partial charge on any atom is -0.461 e. The smallest absolute Gasteiger partial charge is 0.355 e. The normalized spacial score (nSPS) is 21.0. The van der Waals surface area contributed by atoms with Gasteiger partial charge in [-0.2, -0.15) is 5.10 Å². The van der Waals surface area contributed by atoms with Crippen molar-refractivity contribution < 1.29 is 19.1 Å². The Kier molecular flexibility index (Phi) is 4.60. The number of amides is 2. The number of anilines is 2. The third-order valence-corrected chi connectivity index (χ3v) is 4.97. The Bertz CT molecular complexity index is 992. The van der Waals surface area contributed by atoms with Crippen LogP contribution in [0.5, 0.6) is 0 Å². The molecule has 0 bridgehead atoms. The van der Waals surface area contributed by atoms with E-state index in [0.29, 0.717) is 5.69 Å². The molecule has 4 rings (SSSR count). The Morgan fingerprint density at radius 3 is 2.43 bits per heavy atom. The van der Waals surface area contributed by atoms with Gasteiger partial charge in [-0.1, -0.05) is 41.9 Å². The molecule has 2 aromatic rings. The molecule has 28 heavy (non-hydrogen) atoms. The molecule has 0 spiro atoms. The molecule has 0 aromatic heterocycles. The molecule has 142 valence electrons. The van der Waals surface area contributed by atoms with E-state index in [9.17, 15) is 14.4 Å². The number of ether oxygens (including phenoxy) is 1. The first-order valence-corrected chi connectivity index (χ1v) is 9.14. The number of benzene rings is 2. The predicted octanol–water partition coefficient (Wildman–Crippen LogP) is 2.64. The molecule has 0 radical (unpaired) electrons. The van der Waals surface area contributed by atoms with Crippen molar-refractivity contribution in [1.82, 2.24) is 0 Å². The van der Waals surface area contributed by atoms with Crippen LogP contribution in [0.1, 0.15) is 6.92 Å². The van der Waals surface area contributed by atoms with Gasteiger partial charge in [0.05, 0.1) is 23.0 Å². The van der Waals surface area contributed by atoms with Gasteiger partial charge in [0.15, 0.2) is 5.71 Å². The van der Waals surface area contributed by atoms with Crippen LogP contribution in [0.2, 0.25) is 5.02 Å². The number of halogens is 1. The maximum Gasteiger partial charge on any atom is 0.355 e. The van der Waals surface area contributed by atoms with Crippen molar-refractivity contribution >= 4 is 46.5 Å². The van der Waals surface area contributed by atoms with Crippen LogP contribution in [0, 0.1) is 5.92 Å². The molecule has 1 saturated heterocycles. The molecule has 1 fully saturated rings. The first kappa shape index (κ1) is 18.2. The third-order valence-electron chi connectivity index (χ3n) is 4.65. The summed E-state index contributed by atoms with van der Waals surface area (Å²) in [7, 11) is 0. The quantitative estimate of drug-likeness (QED) is 0.585. The first-order chi connectivity index (χ1) is 13.5. The van der Waals surface area contributed by atoms with Crippen molar-refractivity contribution in [2.75, 3.05) is 16.5 Å². The summed E-state index contributed by atoms with van der Waals surface area (Å²) in [6, 6.07) is 14.5. The maximum atomic E-state index is 13.2. The molecule has 2 aliphatic heterocycles. The van der Waals surface area contributed by atoms with Gasteiger partial charge in [-0.25, -0.2) is 9.69 Å². The molecule has 2 atom stereocenters. The van der Waals surface area contributed by atoms with Gasteiger partial charge < -0.3 is 4.74 Å². The van der Waals surface area contributed by atoms with Crippen LogP contribution < -0.4 is 9.91 Å². The molecule has 2 amide bonds. The summed E-state index contributed by atoms with van der Waals surface area (Å²) < 4.78 is 5.06. The van der Waals surface area contributed by atoms with E-state index in [1.807, 2.05) is 6.07 Å². The second-order valence-electron chi connectivity index (χ2n) is 6.27. The van der Waals surface area contributed by atoms with E-state index in [2.05, 4.69) is 5.10 Å². The monoisotopic (exact) mass is 397 g/mol. The Hall–Kier alpha value is -3.19. The highest BCUT2D eigenvalue weighted by Gasteiger charge is 2.59. The lowest BCUT2D eigenvalue weighted by atomic mass is 9.98. The molecule has 0 N–H and O–H groups in total. The van der Waals surface area contributed by atoms with E-state index in [1.54, 1.807) is 55.5 Å². The number of para-hydroxylation sites is 2. The van der Waals surface area contributed by atoms with Gasteiger partial charge in [0, 0.05) is 0 Å². The zero-order valence-corrected chi connectivity index (χ0v) is 15.7. The fourth-order valence-electron chi connectivity index (χ4n) is 3.45. The van der Waals surface area contributed by atoms with E-state index in [0.717, 1.165) is 4.90 Å².